The van der Waals surface area contributed by atoms with Gasteiger partial charge in [-0.1, -0.05) is 60.7 Å². The average molecular weight is 462 g/mol. The number of alkyl halides is 1. The van der Waals surface area contributed by atoms with E-state index >= 15 is 0 Å². The van der Waals surface area contributed by atoms with Gasteiger partial charge in [-0.3, -0.25) is 9.59 Å². The van der Waals surface area contributed by atoms with Gasteiger partial charge in [-0.15, -0.1) is 11.6 Å². The van der Waals surface area contributed by atoms with E-state index in [0.717, 1.165) is 43.6 Å². The second-order valence-electron chi connectivity index (χ2n) is 8.18. The molecule has 4 rings (SSSR count). The molecule has 1 atom stereocenters. The second-order valence-corrected chi connectivity index (χ2v) is 8.62. The van der Waals surface area contributed by atoms with E-state index in [2.05, 4.69) is 15.5 Å². The van der Waals surface area contributed by atoms with Gasteiger partial charge >= 0.3 is 0 Å². The second kappa shape index (κ2) is 11.0. The maximum Gasteiger partial charge on any atom is 0.253 e. The van der Waals surface area contributed by atoms with Crippen molar-refractivity contribution in [1.82, 2.24) is 5.32 Å². The molecule has 0 saturated carbocycles. The van der Waals surface area contributed by atoms with Crippen molar-refractivity contribution < 1.29 is 9.59 Å². The van der Waals surface area contributed by atoms with Crippen LogP contribution in [0.15, 0.2) is 78.9 Å². The van der Waals surface area contributed by atoms with Gasteiger partial charge in [0.05, 0.1) is 5.56 Å². The Morgan fingerprint density at radius 3 is 2.27 bits per heavy atom. The summed E-state index contributed by atoms with van der Waals surface area (Å²) in [5, 5.41) is 5.09. The summed E-state index contributed by atoms with van der Waals surface area (Å²) in [4.78, 5) is 28.1. The summed E-state index contributed by atoms with van der Waals surface area (Å²) in [6, 6.07) is 24.8. The van der Waals surface area contributed by atoms with E-state index in [1.54, 1.807) is 6.07 Å². The molecule has 1 heterocycles. The molecule has 0 aromatic heterocycles. The number of nitrogens with zero attached hydrogens (tertiary/aromatic N) is 1. The van der Waals surface area contributed by atoms with Crippen molar-refractivity contribution in [3.05, 3.63) is 95.6 Å². The van der Waals surface area contributed by atoms with Crippen molar-refractivity contribution in [3.63, 3.8) is 0 Å². The monoisotopic (exact) mass is 461 g/mol. The van der Waals surface area contributed by atoms with E-state index in [0.29, 0.717) is 17.8 Å². The molecule has 0 aliphatic carbocycles. The van der Waals surface area contributed by atoms with Crippen molar-refractivity contribution >= 4 is 34.8 Å². The largest absolute Gasteiger partial charge is 0.371 e. The van der Waals surface area contributed by atoms with E-state index in [1.165, 1.54) is 5.56 Å². The van der Waals surface area contributed by atoms with Gasteiger partial charge in [0, 0.05) is 31.0 Å². The predicted molar refractivity (Wildman–Crippen MR) is 134 cm³/mol. The van der Waals surface area contributed by atoms with Crippen LogP contribution < -0.4 is 15.5 Å². The number of rotatable bonds is 8. The number of benzene rings is 3. The first-order valence-corrected chi connectivity index (χ1v) is 11.8. The van der Waals surface area contributed by atoms with Gasteiger partial charge in [0.1, 0.15) is 5.38 Å². The van der Waals surface area contributed by atoms with Crippen LogP contribution >= 0.6 is 11.6 Å². The highest BCUT2D eigenvalue weighted by Gasteiger charge is 2.22. The standard InChI is InChI=1S/C27H28ClN3O2/c28-25(21-11-5-2-6-12-21)27(33)30-22-13-14-24(31-17-7-8-18-31)23(19-22)26(32)29-16-15-20-9-3-1-4-10-20/h1-6,9-14,19,25H,7-8,15-18H2,(H,29,32)(H,30,33). The number of nitrogens with one attached hydrogen (secondary N) is 2. The first kappa shape index (κ1) is 22.9. The average Bonchev–Trinajstić information content (AvgIpc) is 3.39. The number of carbonyl (C=O) groups excluding carboxylic acids is 2. The fraction of sp³-hybridized carbons (Fsp3) is 0.259. The molecule has 2 N–H and O–H groups in total. The van der Waals surface area contributed by atoms with E-state index < -0.39 is 5.38 Å². The Labute approximate surface area is 199 Å². The summed E-state index contributed by atoms with van der Waals surface area (Å²) < 4.78 is 0. The molecule has 1 unspecified atom stereocenters. The van der Waals surface area contributed by atoms with Crippen LogP contribution in [0.25, 0.3) is 0 Å². The third-order valence-corrected chi connectivity index (χ3v) is 6.27. The van der Waals surface area contributed by atoms with Crippen LogP contribution in [-0.2, 0) is 11.2 Å². The SMILES string of the molecule is O=C(NCCc1ccccc1)c1cc(NC(=O)C(Cl)c2ccccc2)ccc1N1CCCC1. The Kier molecular flexibility index (Phi) is 7.63. The fourth-order valence-corrected chi connectivity index (χ4v) is 4.27. The summed E-state index contributed by atoms with van der Waals surface area (Å²) in [6.45, 7) is 2.39. The zero-order valence-electron chi connectivity index (χ0n) is 18.5. The van der Waals surface area contributed by atoms with Crippen molar-refractivity contribution in [3.8, 4) is 0 Å². The van der Waals surface area contributed by atoms with Gasteiger partial charge in [0.15, 0.2) is 0 Å². The highest BCUT2D eigenvalue weighted by molar-refractivity contribution is 6.32. The maximum atomic E-state index is 13.1. The van der Waals surface area contributed by atoms with Gasteiger partial charge < -0.3 is 15.5 Å². The lowest BCUT2D eigenvalue weighted by atomic mass is 10.1. The normalized spacial score (nSPS) is 14.0. The van der Waals surface area contributed by atoms with Crippen LogP contribution in [0.5, 0.6) is 0 Å². The molecule has 1 fully saturated rings. The van der Waals surface area contributed by atoms with Crippen LogP contribution in [0.1, 0.15) is 39.7 Å². The molecule has 2 amide bonds. The molecule has 33 heavy (non-hydrogen) atoms. The van der Waals surface area contributed by atoms with Gasteiger partial charge in [-0.2, -0.15) is 0 Å². The lowest BCUT2D eigenvalue weighted by molar-refractivity contribution is -0.116. The summed E-state index contributed by atoms with van der Waals surface area (Å²) in [7, 11) is 0. The van der Waals surface area contributed by atoms with Crippen molar-refractivity contribution in [2.45, 2.75) is 24.6 Å². The van der Waals surface area contributed by atoms with Crippen LogP contribution in [0.3, 0.4) is 0 Å². The summed E-state index contributed by atoms with van der Waals surface area (Å²) in [5.74, 6) is -0.471. The molecule has 3 aromatic carbocycles. The van der Waals surface area contributed by atoms with Crippen LogP contribution in [0.4, 0.5) is 11.4 Å². The number of hydrogen-bond acceptors (Lipinski definition) is 3. The zero-order chi connectivity index (χ0) is 23.0. The van der Waals surface area contributed by atoms with E-state index in [1.807, 2.05) is 72.8 Å². The number of carbonyl (C=O) groups is 2. The number of amides is 2. The third-order valence-electron chi connectivity index (χ3n) is 5.82. The van der Waals surface area contributed by atoms with Gasteiger partial charge in [-0.25, -0.2) is 0 Å². The molecule has 1 aliphatic heterocycles. The first-order valence-electron chi connectivity index (χ1n) is 11.3. The molecule has 1 aliphatic rings. The lowest BCUT2D eigenvalue weighted by Crippen LogP contribution is -2.29. The van der Waals surface area contributed by atoms with Crippen molar-refractivity contribution in [2.24, 2.45) is 0 Å². The molecule has 6 heteroatoms. The fourth-order valence-electron chi connectivity index (χ4n) is 4.07. The number of hydrogen-bond donors (Lipinski definition) is 2. The van der Waals surface area contributed by atoms with E-state index in [-0.39, 0.29) is 11.8 Å². The topological polar surface area (TPSA) is 61.4 Å². The Balaban J connectivity index is 1.49. The number of anilines is 2. The maximum absolute atomic E-state index is 13.1. The smallest absolute Gasteiger partial charge is 0.253 e. The minimum atomic E-state index is -0.812. The Bertz CT molecular complexity index is 1080. The van der Waals surface area contributed by atoms with E-state index in [9.17, 15) is 9.59 Å². The summed E-state index contributed by atoms with van der Waals surface area (Å²) in [6.07, 6.45) is 2.98. The molecule has 0 bridgehead atoms. The number of halogens is 1. The molecule has 3 aromatic rings. The Morgan fingerprint density at radius 2 is 1.58 bits per heavy atom. The Morgan fingerprint density at radius 1 is 0.909 bits per heavy atom. The molecule has 1 saturated heterocycles. The highest BCUT2D eigenvalue weighted by atomic mass is 35.5. The van der Waals surface area contributed by atoms with Crippen molar-refractivity contribution in [1.29, 1.82) is 0 Å². The predicted octanol–water partition coefficient (Wildman–Crippen LogP) is 5.18. The van der Waals surface area contributed by atoms with Crippen molar-refractivity contribution in [2.75, 3.05) is 29.9 Å². The molecular formula is C27H28ClN3O2. The molecule has 170 valence electrons. The molecule has 0 radical (unpaired) electrons. The molecule has 0 spiro atoms. The lowest BCUT2D eigenvalue weighted by Gasteiger charge is -2.22. The van der Waals surface area contributed by atoms with Crippen LogP contribution in [-0.4, -0.2) is 31.4 Å². The summed E-state index contributed by atoms with van der Waals surface area (Å²) >= 11 is 6.37. The quantitative estimate of drug-likeness (QED) is 0.454. The Hall–Kier alpha value is -3.31. The molecular weight excluding hydrogens is 434 g/mol. The van der Waals surface area contributed by atoms with Gasteiger partial charge in [0.2, 0.25) is 5.91 Å². The highest BCUT2D eigenvalue weighted by Crippen LogP contribution is 2.29. The minimum Gasteiger partial charge on any atom is -0.371 e. The van der Waals surface area contributed by atoms with E-state index in [4.69, 9.17) is 11.6 Å². The molecule has 5 nitrogen and oxygen atoms in total. The minimum absolute atomic E-state index is 0.144. The van der Waals surface area contributed by atoms with Gasteiger partial charge in [0.25, 0.3) is 5.91 Å². The third kappa shape index (κ3) is 5.93. The summed E-state index contributed by atoms with van der Waals surface area (Å²) in [5.41, 5.74) is 3.91. The van der Waals surface area contributed by atoms with Gasteiger partial charge in [-0.05, 0) is 48.6 Å². The zero-order valence-corrected chi connectivity index (χ0v) is 19.2. The van der Waals surface area contributed by atoms with Crippen LogP contribution in [0.2, 0.25) is 0 Å². The first-order chi connectivity index (χ1) is 16.1. The van der Waals surface area contributed by atoms with Crippen LogP contribution in [0, 0.1) is 0 Å².